The zero-order valence-corrected chi connectivity index (χ0v) is 16.5. The van der Waals surface area contributed by atoms with Crippen LogP contribution >= 0.6 is 22.9 Å². The third-order valence-corrected chi connectivity index (χ3v) is 5.75. The van der Waals surface area contributed by atoms with Gasteiger partial charge in [0.05, 0.1) is 6.54 Å². The molecule has 0 aliphatic rings. The Balaban J connectivity index is 1.79. The summed E-state index contributed by atoms with van der Waals surface area (Å²) in [5, 5.41) is 3.50. The number of halogens is 1. The summed E-state index contributed by atoms with van der Waals surface area (Å²) < 4.78 is 5.94. The van der Waals surface area contributed by atoms with Gasteiger partial charge in [-0.3, -0.25) is 9.69 Å². The van der Waals surface area contributed by atoms with Crippen LogP contribution in [0.15, 0.2) is 58.5 Å². The molecule has 0 spiro atoms. The molecular weight excluding hydrogens is 380 g/mol. The maximum absolute atomic E-state index is 13.4. The highest BCUT2D eigenvalue weighted by molar-refractivity contribution is 7.09. The molecule has 0 radical (unpaired) electrons. The Labute approximate surface area is 166 Å². The number of aromatic nitrogens is 1. The largest absolute Gasteiger partial charge is 0.451 e. The monoisotopic (exact) mass is 396 g/mol. The van der Waals surface area contributed by atoms with Crippen LogP contribution in [0.3, 0.4) is 0 Å². The highest BCUT2D eigenvalue weighted by Crippen LogP contribution is 2.32. The molecule has 136 valence electrons. The number of anilines is 1. The Morgan fingerprint density at radius 3 is 2.78 bits per heavy atom. The number of benzene rings is 1. The lowest BCUT2D eigenvalue weighted by Gasteiger charge is -2.20. The van der Waals surface area contributed by atoms with E-state index in [4.69, 9.17) is 16.0 Å². The molecule has 27 heavy (non-hydrogen) atoms. The second kappa shape index (κ2) is 7.18. The number of thiophene rings is 1. The van der Waals surface area contributed by atoms with Gasteiger partial charge in [0.15, 0.2) is 5.76 Å². The highest BCUT2D eigenvalue weighted by atomic mass is 35.5. The van der Waals surface area contributed by atoms with Crippen molar-refractivity contribution in [1.29, 1.82) is 0 Å². The summed E-state index contributed by atoms with van der Waals surface area (Å²) in [5.41, 5.74) is 2.36. The van der Waals surface area contributed by atoms with E-state index in [0.717, 1.165) is 21.4 Å². The summed E-state index contributed by atoms with van der Waals surface area (Å²) in [7, 11) is 0. The van der Waals surface area contributed by atoms with E-state index in [-0.39, 0.29) is 5.91 Å². The summed E-state index contributed by atoms with van der Waals surface area (Å²) in [5.74, 6) is 0.684. The van der Waals surface area contributed by atoms with Crippen molar-refractivity contribution in [2.24, 2.45) is 0 Å². The van der Waals surface area contributed by atoms with E-state index in [0.29, 0.717) is 28.7 Å². The van der Waals surface area contributed by atoms with Gasteiger partial charge in [-0.15, -0.1) is 11.3 Å². The Morgan fingerprint density at radius 1 is 1.22 bits per heavy atom. The zero-order valence-electron chi connectivity index (χ0n) is 14.9. The molecule has 4 rings (SSSR count). The zero-order chi connectivity index (χ0) is 19.0. The van der Waals surface area contributed by atoms with Gasteiger partial charge in [-0.05, 0) is 55.1 Å². The summed E-state index contributed by atoms with van der Waals surface area (Å²) in [6.45, 7) is 4.23. The predicted octanol–water partition coefficient (Wildman–Crippen LogP) is 6.01. The first-order chi connectivity index (χ1) is 13.0. The van der Waals surface area contributed by atoms with Gasteiger partial charge in [0.2, 0.25) is 0 Å². The van der Waals surface area contributed by atoms with E-state index in [1.54, 1.807) is 22.4 Å². The Hall–Kier alpha value is -2.63. The summed E-state index contributed by atoms with van der Waals surface area (Å²) in [4.78, 5) is 20.5. The molecule has 0 saturated heterocycles. The first-order valence-electron chi connectivity index (χ1n) is 8.49. The number of hydrogen-bond acceptors (Lipinski definition) is 4. The quantitative estimate of drug-likeness (QED) is 0.424. The predicted molar refractivity (Wildman–Crippen MR) is 110 cm³/mol. The summed E-state index contributed by atoms with van der Waals surface area (Å²) in [6.07, 6.45) is 1.68. The number of aryl methyl sites for hydroxylation is 2. The van der Waals surface area contributed by atoms with E-state index in [9.17, 15) is 4.79 Å². The van der Waals surface area contributed by atoms with Gasteiger partial charge in [0.25, 0.3) is 5.91 Å². The molecule has 0 unspecified atom stereocenters. The Kier molecular flexibility index (Phi) is 4.72. The van der Waals surface area contributed by atoms with Crippen LogP contribution in [0.1, 0.15) is 26.6 Å². The fraction of sp³-hybridized carbons (Fsp3) is 0.143. The molecule has 1 amide bonds. The maximum atomic E-state index is 13.4. The average Bonchev–Trinajstić information content (AvgIpc) is 3.29. The molecule has 0 aliphatic heterocycles. The number of fused-ring (bicyclic) bond motifs is 1. The highest BCUT2D eigenvalue weighted by Gasteiger charge is 2.26. The normalized spacial score (nSPS) is 11.1. The molecule has 0 aliphatic carbocycles. The molecule has 4 nitrogen and oxygen atoms in total. The van der Waals surface area contributed by atoms with Gasteiger partial charge in [0.1, 0.15) is 11.4 Å². The van der Waals surface area contributed by atoms with Crippen molar-refractivity contribution in [3.63, 3.8) is 0 Å². The number of carbonyl (C=O) groups is 1. The van der Waals surface area contributed by atoms with Gasteiger partial charge in [-0.25, -0.2) is 4.98 Å². The number of rotatable bonds is 4. The number of carbonyl (C=O) groups excluding carboxylic acids is 1. The fourth-order valence-corrected chi connectivity index (χ4v) is 3.85. The van der Waals surface area contributed by atoms with Gasteiger partial charge in [-0.1, -0.05) is 23.7 Å². The average molecular weight is 397 g/mol. The SMILES string of the molecule is Cc1cc2oc(C(=O)N(Cc3cccs3)c3ccccn3)c(C)c2cc1Cl. The lowest BCUT2D eigenvalue weighted by Crippen LogP contribution is -2.31. The molecule has 6 heteroatoms. The topological polar surface area (TPSA) is 46.3 Å². The number of amides is 1. The summed E-state index contributed by atoms with van der Waals surface area (Å²) >= 11 is 7.86. The first kappa shape index (κ1) is 17.8. The molecule has 0 saturated carbocycles. The second-order valence-electron chi connectivity index (χ2n) is 6.31. The molecule has 0 atom stereocenters. The number of furan rings is 1. The van der Waals surface area contributed by atoms with Crippen molar-refractivity contribution in [2.45, 2.75) is 20.4 Å². The fourth-order valence-electron chi connectivity index (χ4n) is 3.00. The standard InChI is InChI=1S/C21H17ClN2O2S/c1-13-10-18-16(11-17(13)22)14(2)20(26-18)21(25)24(12-15-6-5-9-27-15)19-7-3-4-8-23-19/h3-11H,12H2,1-2H3. The third-order valence-electron chi connectivity index (χ3n) is 4.48. The van der Waals surface area contributed by atoms with Crippen LogP contribution in [-0.2, 0) is 6.54 Å². The van der Waals surface area contributed by atoms with Crippen LogP contribution < -0.4 is 4.90 Å². The minimum absolute atomic E-state index is 0.218. The van der Waals surface area contributed by atoms with Crippen LogP contribution in [0.5, 0.6) is 0 Å². The molecule has 0 N–H and O–H groups in total. The van der Waals surface area contributed by atoms with Crippen molar-refractivity contribution in [2.75, 3.05) is 4.90 Å². The van der Waals surface area contributed by atoms with Crippen molar-refractivity contribution in [3.8, 4) is 0 Å². The smallest absolute Gasteiger partial charge is 0.295 e. The minimum atomic E-state index is -0.218. The number of pyridine rings is 1. The van der Waals surface area contributed by atoms with E-state index < -0.39 is 0 Å². The van der Waals surface area contributed by atoms with Crippen LogP contribution in [0, 0.1) is 13.8 Å². The van der Waals surface area contributed by atoms with Crippen molar-refractivity contribution in [1.82, 2.24) is 4.98 Å². The summed E-state index contributed by atoms with van der Waals surface area (Å²) in [6, 6.07) is 13.2. The molecule has 0 bridgehead atoms. The van der Waals surface area contributed by atoms with Crippen LogP contribution in [0.25, 0.3) is 11.0 Å². The van der Waals surface area contributed by atoms with E-state index in [1.807, 2.05) is 61.7 Å². The number of hydrogen-bond donors (Lipinski definition) is 0. The Bertz CT molecular complexity index is 1100. The van der Waals surface area contributed by atoms with Gasteiger partial charge >= 0.3 is 0 Å². The van der Waals surface area contributed by atoms with Gasteiger partial charge in [0, 0.05) is 27.0 Å². The molecule has 1 aromatic carbocycles. The molecular formula is C21H17ClN2O2S. The Morgan fingerprint density at radius 2 is 2.07 bits per heavy atom. The molecule has 3 aromatic heterocycles. The lowest BCUT2D eigenvalue weighted by atomic mass is 10.1. The van der Waals surface area contributed by atoms with Crippen molar-refractivity contribution in [3.05, 3.63) is 80.8 Å². The molecule has 3 heterocycles. The third kappa shape index (κ3) is 3.36. The lowest BCUT2D eigenvalue weighted by molar-refractivity contribution is 0.0959. The van der Waals surface area contributed by atoms with Crippen molar-refractivity contribution < 1.29 is 9.21 Å². The van der Waals surface area contributed by atoms with Gasteiger partial charge in [-0.2, -0.15) is 0 Å². The van der Waals surface area contributed by atoms with E-state index in [2.05, 4.69) is 4.98 Å². The van der Waals surface area contributed by atoms with Crippen molar-refractivity contribution >= 4 is 45.6 Å². The minimum Gasteiger partial charge on any atom is -0.451 e. The van der Waals surface area contributed by atoms with Crippen LogP contribution in [0.4, 0.5) is 5.82 Å². The van der Waals surface area contributed by atoms with Crippen LogP contribution in [-0.4, -0.2) is 10.9 Å². The maximum Gasteiger partial charge on any atom is 0.295 e. The second-order valence-corrected chi connectivity index (χ2v) is 7.75. The van der Waals surface area contributed by atoms with E-state index in [1.165, 1.54) is 0 Å². The van der Waals surface area contributed by atoms with E-state index >= 15 is 0 Å². The molecule has 4 aromatic rings. The molecule has 0 fully saturated rings. The van der Waals surface area contributed by atoms with Crippen LogP contribution in [0.2, 0.25) is 5.02 Å². The number of nitrogens with zero attached hydrogens (tertiary/aromatic N) is 2. The first-order valence-corrected chi connectivity index (χ1v) is 9.75. The van der Waals surface area contributed by atoms with Gasteiger partial charge < -0.3 is 4.42 Å².